The third-order valence-corrected chi connectivity index (χ3v) is 0.584. The summed E-state index contributed by atoms with van der Waals surface area (Å²) in [5.41, 5.74) is 0. The molecule has 0 bridgehead atoms. The number of hydrogen-bond acceptors (Lipinski definition) is 3. The molecule has 0 fully saturated rings. The van der Waals surface area contributed by atoms with Crippen LogP contribution in [0, 0.1) is 24.7 Å². The third kappa shape index (κ3) is 17.8. The van der Waals surface area contributed by atoms with Gasteiger partial charge in [0.05, 0.1) is 6.10 Å². The number of carboxylic acids is 1. The number of hydrogen-bond donors (Lipinski definition) is 1. The van der Waals surface area contributed by atoms with Crippen molar-refractivity contribution in [3.63, 3.8) is 0 Å². The first kappa shape index (κ1) is 13.6. The molecule has 0 aromatic heterocycles. The Balaban J connectivity index is 0. The maximum Gasteiger partial charge on any atom is 0.384 e. The molecule has 0 radical (unpaired) electrons. The van der Waals surface area contributed by atoms with Crippen LogP contribution in [-0.4, -0.2) is 23.1 Å². The van der Waals surface area contributed by atoms with Crippen molar-refractivity contribution in [1.29, 1.82) is 0 Å². The van der Waals surface area contributed by atoms with Crippen LogP contribution >= 0.6 is 0 Å². The summed E-state index contributed by atoms with van der Waals surface area (Å²) < 4.78 is 4.52. The lowest BCUT2D eigenvalue weighted by Crippen LogP contribution is -2.08. The van der Waals surface area contributed by atoms with E-state index in [0.29, 0.717) is 0 Å². The Labute approximate surface area is 76.9 Å². The molecule has 0 saturated carbocycles. The van der Waals surface area contributed by atoms with Crippen molar-refractivity contribution in [2.24, 2.45) is 0 Å². The maximum absolute atomic E-state index is 10.2. The standard InChI is InChI=1S/C6H8O2.C3H2O2/c1-4-6(7)8-5(2)3;1-2-3(4)5/h1,5H,2-3H3;1H,(H,4,5). The van der Waals surface area contributed by atoms with Crippen molar-refractivity contribution < 1.29 is 19.4 Å². The fourth-order valence-corrected chi connectivity index (χ4v) is 0.248. The summed E-state index contributed by atoms with van der Waals surface area (Å²) in [6.45, 7) is 3.49. The monoisotopic (exact) mass is 182 g/mol. The minimum absolute atomic E-state index is 0.112. The van der Waals surface area contributed by atoms with Gasteiger partial charge < -0.3 is 9.84 Å². The van der Waals surface area contributed by atoms with Gasteiger partial charge in [-0.1, -0.05) is 0 Å². The second-order valence-corrected chi connectivity index (χ2v) is 2.05. The summed E-state index contributed by atoms with van der Waals surface area (Å²) in [6, 6.07) is 0. The highest BCUT2D eigenvalue weighted by molar-refractivity contribution is 5.87. The molecule has 4 heteroatoms. The van der Waals surface area contributed by atoms with E-state index in [9.17, 15) is 4.79 Å². The molecular weight excluding hydrogens is 172 g/mol. The van der Waals surface area contributed by atoms with E-state index in [1.807, 2.05) is 5.92 Å². The number of carboxylic acid groups (broad SMARTS) is 1. The molecule has 1 N–H and O–H groups in total. The topological polar surface area (TPSA) is 63.6 Å². The van der Waals surface area contributed by atoms with Gasteiger partial charge in [-0.25, -0.2) is 9.59 Å². The molecule has 0 aliphatic rings. The van der Waals surface area contributed by atoms with Gasteiger partial charge in [-0.15, -0.1) is 12.8 Å². The van der Waals surface area contributed by atoms with E-state index in [0.717, 1.165) is 0 Å². The summed E-state index contributed by atoms with van der Waals surface area (Å²) in [7, 11) is 0. The highest BCUT2D eigenvalue weighted by Crippen LogP contribution is 1.85. The second-order valence-electron chi connectivity index (χ2n) is 2.05. The summed E-state index contributed by atoms with van der Waals surface area (Å²) in [6.07, 6.45) is 8.91. The van der Waals surface area contributed by atoms with Gasteiger partial charge in [0.1, 0.15) is 0 Å². The van der Waals surface area contributed by atoms with Crippen LogP contribution in [0.5, 0.6) is 0 Å². The van der Waals surface area contributed by atoms with E-state index in [4.69, 9.17) is 16.3 Å². The zero-order valence-corrected chi connectivity index (χ0v) is 7.40. The molecule has 13 heavy (non-hydrogen) atoms. The Morgan fingerprint density at radius 3 is 1.77 bits per heavy atom. The number of aliphatic carboxylic acids is 1. The molecule has 70 valence electrons. The van der Waals surface area contributed by atoms with Gasteiger partial charge in [0.15, 0.2) is 0 Å². The van der Waals surface area contributed by atoms with E-state index in [2.05, 4.69) is 11.2 Å². The summed E-state index contributed by atoms with van der Waals surface area (Å²) in [4.78, 5) is 19.3. The van der Waals surface area contributed by atoms with Gasteiger partial charge in [0.2, 0.25) is 0 Å². The summed E-state index contributed by atoms with van der Waals surface area (Å²) in [5.74, 6) is 1.46. The van der Waals surface area contributed by atoms with Crippen molar-refractivity contribution in [3.05, 3.63) is 0 Å². The lowest BCUT2D eigenvalue weighted by atomic mass is 10.5. The minimum atomic E-state index is -1.22. The van der Waals surface area contributed by atoms with Gasteiger partial charge in [-0.05, 0) is 13.8 Å². The Morgan fingerprint density at radius 2 is 1.69 bits per heavy atom. The van der Waals surface area contributed by atoms with Crippen LogP contribution in [0.25, 0.3) is 0 Å². The van der Waals surface area contributed by atoms with Crippen LogP contribution in [0.15, 0.2) is 0 Å². The first-order chi connectivity index (χ1) is 5.93. The first-order valence-electron chi connectivity index (χ1n) is 3.30. The number of ether oxygens (including phenoxy) is 1. The average molecular weight is 182 g/mol. The molecule has 4 nitrogen and oxygen atoms in total. The zero-order chi connectivity index (χ0) is 10.9. The molecule has 0 aliphatic heterocycles. The van der Waals surface area contributed by atoms with Gasteiger partial charge in [0, 0.05) is 11.8 Å². The van der Waals surface area contributed by atoms with Gasteiger partial charge in [-0.3, -0.25) is 0 Å². The third-order valence-electron chi connectivity index (χ3n) is 0.584. The lowest BCUT2D eigenvalue weighted by molar-refractivity contribution is -0.140. The maximum atomic E-state index is 10.2. The highest BCUT2D eigenvalue weighted by Gasteiger charge is 1.97. The predicted octanol–water partition coefficient (Wildman–Crippen LogP) is 0.275. The molecule has 0 aromatic carbocycles. The number of rotatable bonds is 1. The van der Waals surface area contributed by atoms with Gasteiger partial charge >= 0.3 is 11.9 Å². The van der Waals surface area contributed by atoms with Crippen LogP contribution < -0.4 is 0 Å². The summed E-state index contributed by atoms with van der Waals surface area (Å²) in [5, 5.41) is 7.49. The largest absolute Gasteiger partial charge is 0.472 e. The van der Waals surface area contributed by atoms with Crippen molar-refractivity contribution >= 4 is 11.9 Å². The molecule has 0 spiro atoms. The molecule has 0 atom stereocenters. The quantitative estimate of drug-likeness (QED) is 0.359. The van der Waals surface area contributed by atoms with Crippen molar-refractivity contribution in [3.8, 4) is 24.7 Å². The van der Waals surface area contributed by atoms with E-state index >= 15 is 0 Å². The molecule has 0 unspecified atom stereocenters. The van der Waals surface area contributed by atoms with Crippen LogP contribution in [0.3, 0.4) is 0 Å². The van der Waals surface area contributed by atoms with E-state index < -0.39 is 11.9 Å². The summed E-state index contributed by atoms with van der Waals surface area (Å²) >= 11 is 0. The van der Waals surface area contributed by atoms with Crippen LogP contribution in [-0.2, 0) is 14.3 Å². The Bertz CT molecular complexity index is 252. The average Bonchev–Trinajstić information content (AvgIpc) is 2.04. The minimum Gasteiger partial charge on any atom is -0.472 e. The molecular formula is C9H10O4. The van der Waals surface area contributed by atoms with E-state index in [1.54, 1.807) is 13.8 Å². The van der Waals surface area contributed by atoms with E-state index in [-0.39, 0.29) is 6.10 Å². The fourth-order valence-electron chi connectivity index (χ4n) is 0.248. The highest BCUT2D eigenvalue weighted by atomic mass is 16.5. The second kappa shape index (κ2) is 8.16. The smallest absolute Gasteiger partial charge is 0.384 e. The van der Waals surface area contributed by atoms with Crippen molar-refractivity contribution in [1.82, 2.24) is 0 Å². The Morgan fingerprint density at radius 1 is 1.31 bits per heavy atom. The molecule has 0 aromatic rings. The normalized spacial score (nSPS) is 7.15. The zero-order valence-electron chi connectivity index (χ0n) is 7.40. The van der Waals surface area contributed by atoms with Crippen LogP contribution in [0.2, 0.25) is 0 Å². The predicted molar refractivity (Wildman–Crippen MR) is 46.5 cm³/mol. The molecule has 0 saturated heterocycles. The number of carbonyl (C=O) groups excluding carboxylic acids is 1. The SMILES string of the molecule is C#CC(=O)O.C#CC(=O)OC(C)C. The van der Waals surface area contributed by atoms with Crippen LogP contribution in [0.1, 0.15) is 13.8 Å². The number of esters is 1. The number of carbonyl (C=O) groups is 2. The molecule has 0 heterocycles. The lowest BCUT2D eigenvalue weighted by Gasteiger charge is -2.01. The first-order valence-corrected chi connectivity index (χ1v) is 3.30. The fraction of sp³-hybridized carbons (Fsp3) is 0.333. The molecule has 0 rings (SSSR count). The van der Waals surface area contributed by atoms with Crippen molar-refractivity contribution in [2.45, 2.75) is 20.0 Å². The Hall–Kier alpha value is -1.94. The Kier molecular flexibility index (Phi) is 8.56. The molecule has 0 aliphatic carbocycles. The number of terminal acetylenes is 2. The molecule has 0 amide bonds. The van der Waals surface area contributed by atoms with Crippen LogP contribution in [0.4, 0.5) is 0 Å². The van der Waals surface area contributed by atoms with Gasteiger partial charge in [-0.2, -0.15) is 0 Å². The van der Waals surface area contributed by atoms with Crippen molar-refractivity contribution in [2.75, 3.05) is 0 Å². The van der Waals surface area contributed by atoms with E-state index in [1.165, 1.54) is 5.92 Å². The van der Waals surface area contributed by atoms with Gasteiger partial charge in [0.25, 0.3) is 0 Å².